The second-order valence-corrected chi connectivity index (χ2v) is 8.88. The van der Waals surface area contributed by atoms with Gasteiger partial charge in [0.2, 0.25) is 11.8 Å². The zero-order valence-corrected chi connectivity index (χ0v) is 18.2. The van der Waals surface area contributed by atoms with Gasteiger partial charge in [-0.15, -0.1) is 0 Å². The molecule has 2 aliphatic rings. The number of ether oxygens (including phenoxy) is 1. The molecule has 164 valence electrons. The van der Waals surface area contributed by atoms with Crippen LogP contribution in [0.2, 0.25) is 0 Å². The summed E-state index contributed by atoms with van der Waals surface area (Å²) in [6.07, 6.45) is 11.6. The predicted octanol–water partition coefficient (Wildman–Crippen LogP) is 3.77. The number of pyridine rings is 1. The molecule has 0 aromatic carbocycles. The molecular weight excluding hydrogens is 378 g/mol. The van der Waals surface area contributed by atoms with E-state index in [0.29, 0.717) is 23.8 Å². The molecule has 0 radical (unpaired) electrons. The van der Waals surface area contributed by atoms with Crippen molar-refractivity contribution in [2.45, 2.75) is 89.4 Å². The molecule has 7 heteroatoms. The highest BCUT2D eigenvalue weighted by molar-refractivity contribution is 5.86. The molecule has 1 aliphatic carbocycles. The number of piperidine rings is 1. The van der Waals surface area contributed by atoms with Gasteiger partial charge in [-0.25, -0.2) is 15.0 Å². The second kappa shape index (κ2) is 9.88. The molecule has 1 atom stereocenters. The first-order chi connectivity index (χ1) is 14.6. The highest BCUT2D eigenvalue weighted by Crippen LogP contribution is 2.38. The molecular formula is C23H35N5O2. The molecule has 2 fully saturated rings. The molecule has 0 bridgehead atoms. The van der Waals surface area contributed by atoms with Gasteiger partial charge in [0.15, 0.2) is 0 Å². The molecule has 0 spiro atoms. The zero-order valence-electron chi connectivity index (χ0n) is 18.2. The van der Waals surface area contributed by atoms with E-state index in [1.807, 2.05) is 12.4 Å². The largest absolute Gasteiger partial charge is 0.474 e. The molecule has 4 rings (SSSR count). The van der Waals surface area contributed by atoms with Crippen LogP contribution in [0.1, 0.15) is 76.7 Å². The lowest BCUT2D eigenvalue weighted by Crippen LogP contribution is -2.34. The molecule has 0 unspecified atom stereocenters. The van der Waals surface area contributed by atoms with Gasteiger partial charge in [0.25, 0.3) is 0 Å². The molecule has 2 aromatic rings. The van der Waals surface area contributed by atoms with E-state index >= 15 is 0 Å². The van der Waals surface area contributed by atoms with Gasteiger partial charge in [-0.1, -0.05) is 13.3 Å². The maximum Gasteiger partial charge on any atom is 0.224 e. The van der Waals surface area contributed by atoms with E-state index < -0.39 is 0 Å². The Bertz CT molecular complexity index is 832. The Morgan fingerprint density at radius 3 is 2.63 bits per heavy atom. The second-order valence-electron chi connectivity index (χ2n) is 8.88. The van der Waals surface area contributed by atoms with Crippen LogP contribution in [0.25, 0.3) is 10.9 Å². The third-order valence-corrected chi connectivity index (χ3v) is 6.41. The Balaban J connectivity index is 1.67. The van der Waals surface area contributed by atoms with Gasteiger partial charge in [0.1, 0.15) is 6.10 Å². The van der Waals surface area contributed by atoms with Gasteiger partial charge in [-0.2, -0.15) is 0 Å². The third kappa shape index (κ3) is 5.01. The van der Waals surface area contributed by atoms with E-state index in [-0.39, 0.29) is 12.2 Å². The molecule has 0 amide bonds. The summed E-state index contributed by atoms with van der Waals surface area (Å²) in [6.45, 7) is 6.31. The number of nitrogens with one attached hydrogen (secondary N) is 2. The van der Waals surface area contributed by atoms with Crippen molar-refractivity contribution in [3.8, 4) is 5.88 Å². The number of aliphatic hydroxyl groups excluding tert-OH is 1. The summed E-state index contributed by atoms with van der Waals surface area (Å²) in [5, 5.41) is 17.6. The first-order valence-electron chi connectivity index (χ1n) is 11.6. The van der Waals surface area contributed by atoms with Crippen LogP contribution < -0.4 is 15.4 Å². The van der Waals surface area contributed by atoms with E-state index in [1.54, 1.807) is 0 Å². The molecule has 3 N–H and O–H groups in total. The number of hydrogen-bond acceptors (Lipinski definition) is 7. The fourth-order valence-corrected chi connectivity index (χ4v) is 4.66. The van der Waals surface area contributed by atoms with E-state index in [2.05, 4.69) is 29.5 Å². The van der Waals surface area contributed by atoms with Crippen LogP contribution in [0.15, 0.2) is 12.4 Å². The summed E-state index contributed by atoms with van der Waals surface area (Å²) in [4.78, 5) is 14.2. The molecule has 1 aliphatic heterocycles. The monoisotopic (exact) mass is 413 g/mol. The fraction of sp³-hybridized carbons (Fsp3) is 0.696. The standard InChI is InChI=1S/C23H35N5O2/c1-3-4-15(2)27-23-26-14-20-21(28-23)19(16-5-7-17(29)8-6-16)13-25-22(20)30-18-9-11-24-12-10-18/h13-18,24,29H,3-12H2,1-2H3,(H,26,27,28)/t15-,16?,17?/m0/s1. The molecule has 30 heavy (non-hydrogen) atoms. The van der Waals surface area contributed by atoms with Crippen LogP contribution in [0.4, 0.5) is 5.95 Å². The summed E-state index contributed by atoms with van der Waals surface area (Å²) in [7, 11) is 0. The summed E-state index contributed by atoms with van der Waals surface area (Å²) >= 11 is 0. The molecule has 2 aromatic heterocycles. The minimum absolute atomic E-state index is 0.176. The Kier molecular flexibility index (Phi) is 7.00. The van der Waals surface area contributed by atoms with Crippen molar-refractivity contribution in [1.82, 2.24) is 20.3 Å². The van der Waals surface area contributed by atoms with Crippen molar-refractivity contribution in [3.05, 3.63) is 18.0 Å². The van der Waals surface area contributed by atoms with Crippen molar-refractivity contribution >= 4 is 16.9 Å². The quantitative estimate of drug-likeness (QED) is 0.636. The highest BCUT2D eigenvalue weighted by Gasteiger charge is 2.25. The van der Waals surface area contributed by atoms with E-state index in [9.17, 15) is 5.11 Å². The van der Waals surface area contributed by atoms with Crippen molar-refractivity contribution in [2.75, 3.05) is 18.4 Å². The van der Waals surface area contributed by atoms with Gasteiger partial charge < -0.3 is 20.5 Å². The summed E-state index contributed by atoms with van der Waals surface area (Å²) in [5.74, 6) is 1.68. The summed E-state index contributed by atoms with van der Waals surface area (Å²) in [5.41, 5.74) is 2.10. The highest BCUT2D eigenvalue weighted by atomic mass is 16.5. The van der Waals surface area contributed by atoms with Crippen LogP contribution in [0, 0.1) is 0 Å². The number of hydrogen-bond donors (Lipinski definition) is 3. The van der Waals surface area contributed by atoms with Crippen LogP contribution in [0.5, 0.6) is 5.88 Å². The van der Waals surface area contributed by atoms with Crippen LogP contribution in [0.3, 0.4) is 0 Å². The van der Waals surface area contributed by atoms with Crippen LogP contribution in [-0.2, 0) is 0 Å². The van der Waals surface area contributed by atoms with E-state index in [4.69, 9.17) is 14.7 Å². The van der Waals surface area contributed by atoms with Crippen molar-refractivity contribution in [3.63, 3.8) is 0 Å². The molecule has 1 saturated carbocycles. The van der Waals surface area contributed by atoms with Gasteiger partial charge in [0.05, 0.1) is 17.0 Å². The lowest BCUT2D eigenvalue weighted by molar-refractivity contribution is 0.122. The van der Waals surface area contributed by atoms with Gasteiger partial charge in [0, 0.05) is 24.0 Å². The van der Waals surface area contributed by atoms with E-state index in [0.717, 1.165) is 80.9 Å². The summed E-state index contributed by atoms with van der Waals surface area (Å²) in [6, 6.07) is 0.327. The van der Waals surface area contributed by atoms with Crippen molar-refractivity contribution in [2.24, 2.45) is 0 Å². The summed E-state index contributed by atoms with van der Waals surface area (Å²) < 4.78 is 6.30. The lowest BCUT2D eigenvalue weighted by atomic mass is 9.83. The number of aromatic nitrogens is 3. The Hall–Kier alpha value is -1.99. The predicted molar refractivity (Wildman–Crippen MR) is 119 cm³/mol. The SMILES string of the molecule is CCC[C@H](C)Nc1ncc2c(OC3CCNCC3)ncc(C3CCC(O)CC3)c2n1. The maximum absolute atomic E-state index is 9.93. The Morgan fingerprint density at radius 1 is 1.13 bits per heavy atom. The van der Waals surface area contributed by atoms with Crippen LogP contribution in [-0.4, -0.2) is 51.4 Å². The number of anilines is 1. The average Bonchev–Trinajstić information content (AvgIpc) is 2.75. The number of aliphatic hydroxyl groups is 1. The first kappa shape index (κ1) is 21.2. The minimum Gasteiger partial charge on any atom is -0.474 e. The van der Waals surface area contributed by atoms with Gasteiger partial charge >= 0.3 is 0 Å². The van der Waals surface area contributed by atoms with Crippen LogP contribution >= 0.6 is 0 Å². The van der Waals surface area contributed by atoms with E-state index in [1.165, 1.54) is 0 Å². The normalized spacial score (nSPS) is 24.0. The van der Waals surface area contributed by atoms with Gasteiger partial charge in [-0.3, -0.25) is 0 Å². The number of fused-ring (bicyclic) bond motifs is 1. The Morgan fingerprint density at radius 2 is 1.90 bits per heavy atom. The van der Waals surface area contributed by atoms with Crippen molar-refractivity contribution in [1.29, 1.82) is 0 Å². The molecule has 3 heterocycles. The average molecular weight is 414 g/mol. The van der Waals surface area contributed by atoms with Gasteiger partial charge in [-0.05, 0) is 70.9 Å². The number of rotatable bonds is 7. The maximum atomic E-state index is 9.93. The lowest BCUT2D eigenvalue weighted by Gasteiger charge is -2.27. The fourth-order valence-electron chi connectivity index (χ4n) is 4.66. The molecule has 7 nitrogen and oxygen atoms in total. The Labute approximate surface area is 179 Å². The topological polar surface area (TPSA) is 92.2 Å². The molecule has 1 saturated heterocycles. The zero-order chi connectivity index (χ0) is 20.9. The third-order valence-electron chi connectivity index (χ3n) is 6.41. The minimum atomic E-state index is -0.176. The first-order valence-corrected chi connectivity index (χ1v) is 11.6. The smallest absolute Gasteiger partial charge is 0.224 e. The number of nitrogens with zero attached hydrogens (tertiary/aromatic N) is 3. The van der Waals surface area contributed by atoms with Crippen molar-refractivity contribution < 1.29 is 9.84 Å².